The van der Waals surface area contributed by atoms with Crippen LogP contribution in [0, 0.1) is 0 Å². The van der Waals surface area contributed by atoms with Crippen LogP contribution >= 0.6 is 34.8 Å². The first-order valence-electron chi connectivity index (χ1n) is 4.32. The highest BCUT2D eigenvalue weighted by atomic mass is 35.5. The molecule has 3 nitrogen and oxygen atoms in total. The average molecular weight is 280 g/mol. The minimum atomic E-state index is -0.389. The van der Waals surface area contributed by atoms with Crippen molar-refractivity contribution in [1.82, 2.24) is 5.32 Å². The van der Waals surface area contributed by atoms with Gasteiger partial charge in [0.05, 0.1) is 16.6 Å². The first kappa shape index (κ1) is 13.2. The molecule has 0 saturated carbocycles. The summed E-state index contributed by atoms with van der Waals surface area (Å²) in [5, 5.41) is 6.24. The van der Waals surface area contributed by atoms with Crippen molar-refractivity contribution in [2.75, 3.05) is 11.9 Å². The predicted molar refractivity (Wildman–Crippen MR) is 68.5 cm³/mol. The molecular weight excluding hydrogens is 270 g/mol. The molecule has 1 aromatic rings. The fourth-order valence-electron chi connectivity index (χ4n) is 0.925. The Hall–Kier alpha value is -0.900. The van der Waals surface area contributed by atoms with E-state index in [4.69, 9.17) is 34.8 Å². The predicted octanol–water partition coefficient (Wildman–Crippen LogP) is 3.87. The van der Waals surface area contributed by atoms with Gasteiger partial charge in [-0.2, -0.15) is 0 Å². The maximum atomic E-state index is 11.3. The van der Waals surface area contributed by atoms with E-state index in [0.717, 1.165) is 0 Å². The van der Waals surface area contributed by atoms with Gasteiger partial charge >= 0.3 is 6.03 Å². The number of hydrogen-bond acceptors (Lipinski definition) is 1. The van der Waals surface area contributed by atoms with Gasteiger partial charge in [-0.05, 0) is 18.2 Å². The van der Waals surface area contributed by atoms with Crippen molar-refractivity contribution in [1.29, 1.82) is 0 Å². The summed E-state index contributed by atoms with van der Waals surface area (Å²) in [5.74, 6) is 0. The summed E-state index contributed by atoms with van der Waals surface area (Å²) in [5.41, 5.74) is 0.548. The summed E-state index contributed by atoms with van der Waals surface area (Å²) < 4.78 is 0. The van der Waals surface area contributed by atoms with Gasteiger partial charge in [-0.3, -0.25) is 0 Å². The molecule has 1 rings (SSSR count). The highest BCUT2D eigenvalue weighted by Gasteiger charge is 2.03. The van der Waals surface area contributed by atoms with E-state index in [9.17, 15) is 4.79 Å². The quantitative estimate of drug-likeness (QED) is 0.866. The van der Waals surface area contributed by atoms with Crippen LogP contribution in [0.3, 0.4) is 0 Å². The number of carbonyl (C=O) groups excluding carboxylic acids is 1. The molecule has 0 aliphatic carbocycles. The number of benzene rings is 1. The topological polar surface area (TPSA) is 41.1 Å². The largest absolute Gasteiger partial charge is 0.333 e. The normalized spacial score (nSPS) is 9.69. The molecule has 0 radical (unpaired) electrons. The number of halogens is 3. The van der Waals surface area contributed by atoms with Gasteiger partial charge in [-0.25, -0.2) is 4.79 Å². The summed E-state index contributed by atoms with van der Waals surface area (Å²) >= 11 is 17.0. The van der Waals surface area contributed by atoms with Gasteiger partial charge in [-0.15, -0.1) is 0 Å². The molecule has 0 spiro atoms. The molecule has 1 aromatic carbocycles. The van der Waals surface area contributed by atoms with E-state index in [0.29, 0.717) is 20.8 Å². The lowest BCUT2D eigenvalue weighted by atomic mass is 10.3. The van der Waals surface area contributed by atoms with E-state index in [2.05, 4.69) is 17.2 Å². The Bertz CT molecular complexity index is 421. The fourth-order valence-corrected chi connectivity index (χ4v) is 1.29. The third-order valence-corrected chi connectivity index (χ3v) is 2.49. The summed E-state index contributed by atoms with van der Waals surface area (Å²) in [7, 11) is 0. The zero-order valence-electron chi connectivity index (χ0n) is 8.19. The van der Waals surface area contributed by atoms with Crippen molar-refractivity contribution in [3.8, 4) is 0 Å². The molecule has 2 N–H and O–H groups in total. The molecule has 0 bridgehead atoms. The number of anilines is 1. The molecule has 0 aliphatic rings. The van der Waals surface area contributed by atoms with Gasteiger partial charge in [0.15, 0.2) is 0 Å². The standard InChI is InChI=1S/C10H9Cl3N2O/c1-6(11)5-14-10(16)15-7-2-3-8(12)9(13)4-7/h2-4H,1,5H2,(H2,14,15,16). The number of amides is 2. The zero-order chi connectivity index (χ0) is 12.1. The lowest BCUT2D eigenvalue weighted by Gasteiger charge is -2.07. The molecule has 0 saturated heterocycles. The zero-order valence-corrected chi connectivity index (χ0v) is 10.5. The van der Waals surface area contributed by atoms with Crippen LogP contribution in [0.25, 0.3) is 0 Å². The van der Waals surface area contributed by atoms with Crippen molar-refractivity contribution < 1.29 is 4.79 Å². The van der Waals surface area contributed by atoms with Gasteiger partial charge < -0.3 is 10.6 Å². The summed E-state index contributed by atoms with van der Waals surface area (Å²) in [6.45, 7) is 3.65. The van der Waals surface area contributed by atoms with Crippen molar-refractivity contribution in [3.63, 3.8) is 0 Å². The second-order valence-electron chi connectivity index (χ2n) is 2.95. The molecule has 2 amide bonds. The number of rotatable bonds is 3. The number of hydrogen-bond donors (Lipinski definition) is 2. The molecule has 6 heteroatoms. The minimum absolute atomic E-state index is 0.203. The molecule has 0 aliphatic heterocycles. The SMILES string of the molecule is C=C(Cl)CNC(=O)Nc1ccc(Cl)c(Cl)c1. The molecular formula is C10H9Cl3N2O. The van der Waals surface area contributed by atoms with Crippen molar-refractivity contribution >= 4 is 46.5 Å². The monoisotopic (exact) mass is 278 g/mol. The third-order valence-electron chi connectivity index (χ3n) is 1.62. The van der Waals surface area contributed by atoms with E-state index >= 15 is 0 Å². The lowest BCUT2D eigenvalue weighted by Crippen LogP contribution is -2.29. The first-order chi connectivity index (χ1) is 7.49. The van der Waals surface area contributed by atoms with Crippen molar-refractivity contribution in [2.24, 2.45) is 0 Å². The molecule has 0 fully saturated rings. The van der Waals surface area contributed by atoms with Gasteiger partial charge in [0, 0.05) is 10.7 Å². The van der Waals surface area contributed by atoms with Crippen LogP contribution in [-0.2, 0) is 0 Å². The van der Waals surface area contributed by atoms with Crippen molar-refractivity contribution in [2.45, 2.75) is 0 Å². The molecule has 0 unspecified atom stereocenters. The first-order valence-corrected chi connectivity index (χ1v) is 5.45. The lowest BCUT2D eigenvalue weighted by molar-refractivity contribution is 0.253. The summed E-state index contributed by atoms with van der Waals surface area (Å²) in [6, 6.07) is 4.41. The fraction of sp³-hybridized carbons (Fsp3) is 0.100. The van der Waals surface area contributed by atoms with Crippen LogP contribution in [0.4, 0.5) is 10.5 Å². The molecule has 86 valence electrons. The molecule has 16 heavy (non-hydrogen) atoms. The second kappa shape index (κ2) is 5.99. The Morgan fingerprint density at radius 2 is 2.00 bits per heavy atom. The van der Waals surface area contributed by atoms with Crippen LogP contribution in [-0.4, -0.2) is 12.6 Å². The Morgan fingerprint density at radius 3 is 2.56 bits per heavy atom. The molecule has 0 aromatic heterocycles. The highest BCUT2D eigenvalue weighted by Crippen LogP contribution is 2.24. The van der Waals surface area contributed by atoms with Crippen LogP contribution in [0.1, 0.15) is 0 Å². The van der Waals surface area contributed by atoms with E-state index in [1.807, 2.05) is 0 Å². The van der Waals surface area contributed by atoms with E-state index in [1.165, 1.54) is 0 Å². The van der Waals surface area contributed by atoms with Gasteiger partial charge in [0.1, 0.15) is 0 Å². The van der Waals surface area contributed by atoms with E-state index in [1.54, 1.807) is 18.2 Å². The van der Waals surface area contributed by atoms with Crippen LogP contribution < -0.4 is 10.6 Å². The maximum Gasteiger partial charge on any atom is 0.319 e. The average Bonchev–Trinajstić information content (AvgIpc) is 2.21. The number of carbonyl (C=O) groups is 1. The number of urea groups is 1. The molecule has 0 atom stereocenters. The summed E-state index contributed by atoms with van der Waals surface area (Å²) in [4.78, 5) is 11.3. The Kier molecular flexibility index (Phi) is 4.93. The second-order valence-corrected chi connectivity index (χ2v) is 4.30. The van der Waals surface area contributed by atoms with Gasteiger partial charge in [0.25, 0.3) is 0 Å². The Morgan fingerprint density at radius 1 is 1.31 bits per heavy atom. The van der Waals surface area contributed by atoms with Gasteiger partial charge in [-0.1, -0.05) is 41.4 Å². The van der Waals surface area contributed by atoms with E-state index in [-0.39, 0.29) is 12.6 Å². The number of nitrogens with one attached hydrogen (secondary N) is 2. The third kappa shape index (κ3) is 4.31. The van der Waals surface area contributed by atoms with Crippen LogP contribution in [0.15, 0.2) is 29.8 Å². The van der Waals surface area contributed by atoms with Gasteiger partial charge in [0.2, 0.25) is 0 Å². The highest BCUT2D eigenvalue weighted by molar-refractivity contribution is 6.42. The van der Waals surface area contributed by atoms with Crippen LogP contribution in [0.2, 0.25) is 10.0 Å². The maximum absolute atomic E-state index is 11.3. The minimum Gasteiger partial charge on any atom is -0.333 e. The Labute approximate surface area is 108 Å². The van der Waals surface area contributed by atoms with Crippen molar-refractivity contribution in [3.05, 3.63) is 39.9 Å². The smallest absolute Gasteiger partial charge is 0.319 e. The van der Waals surface area contributed by atoms with E-state index < -0.39 is 0 Å². The summed E-state index contributed by atoms with van der Waals surface area (Å²) in [6.07, 6.45) is 0. The van der Waals surface area contributed by atoms with Crippen LogP contribution in [0.5, 0.6) is 0 Å². The Balaban J connectivity index is 2.56. The molecule has 0 heterocycles.